The second-order valence-corrected chi connectivity index (χ2v) is 6.42. The minimum absolute atomic E-state index is 0.0245. The minimum atomic E-state index is -0.751. The van der Waals surface area contributed by atoms with Crippen molar-refractivity contribution in [3.8, 4) is 0 Å². The second kappa shape index (κ2) is 6.26. The number of hydrogen-bond donors (Lipinski definition) is 2. The smallest absolute Gasteiger partial charge is 0.236 e. The zero-order valence-corrected chi connectivity index (χ0v) is 12.5. The first-order valence-corrected chi connectivity index (χ1v) is 7.11. The number of oxime groups is 1. The average molecular weight is 269 g/mol. The Morgan fingerprint density at radius 1 is 1.26 bits per heavy atom. The van der Waals surface area contributed by atoms with Gasteiger partial charge in [-0.3, -0.25) is 4.79 Å². The van der Waals surface area contributed by atoms with E-state index in [1.54, 1.807) is 0 Å². The molecule has 0 unspecified atom stereocenters. The molecule has 0 bridgehead atoms. The van der Waals surface area contributed by atoms with Gasteiger partial charge in [0, 0.05) is 13.1 Å². The Hall–Kier alpha value is -1.26. The van der Waals surface area contributed by atoms with Crippen LogP contribution in [0, 0.1) is 17.3 Å². The van der Waals surface area contributed by atoms with Crippen molar-refractivity contribution in [3.05, 3.63) is 0 Å². The van der Waals surface area contributed by atoms with Crippen molar-refractivity contribution in [2.24, 2.45) is 28.1 Å². The summed E-state index contributed by atoms with van der Waals surface area (Å²) in [7, 11) is 0. The summed E-state index contributed by atoms with van der Waals surface area (Å²) in [5, 5.41) is 12.0. The van der Waals surface area contributed by atoms with Crippen LogP contribution in [-0.4, -0.2) is 34.9 Å². The van der Waals surface area contributed by atoms with Crippen LogP contribution in [0.3, 0.4) is 0 Å². The molecule has 0 aromatic heterocycles. The number of nitrogens with zero attached hydrogens (tertiary/aromatic N) is 2. The van der Waals surface area contributed by atoms with E-state index in [4.69, 9.17) is 10.9 Å². The second-order valence-electron chi connectivity index (χ2n) is 6.42. The van der Waals surface area contributed by atoms with Gasteiger partial charge in [-0.25, -0.2) is 0 Å². The summed E-state index contributed by atoms with van der Waals surface area (Å²) >= 11 is 0. The monoisotopic (exact) mass is 269 g/mol. The molecule has 0 aromatic rings. The van der Waals surface area contributed by atoms with Crippen LogP contribution in [0.25, 0.3) is 0 Å². The fourth-order valence-electron chi connectivity index (χ4n) is 2.63. The number of amidine groups is 1. The van der Waals surface area contributed by atoms with Gasteiger partial charge in [-0.1, -0.05) is 39.3 Å². The van der Waals surface area contributed by atoms with Crippen molar-refractivity contribution in [2.45, 2.75) is 47.0 Å². The Bertz CT molecular complexity index is 337. The third-order valence-electron chi connectivity index (χ3n) is 3.67. The van der Waals surface area contributed by atoms with Gasteiger partial charge >= 0.3 is 0 Å². The lowest BCUT2D eigenvalue weighted by atomic mass is 9.66. The van der Waals surface area contributed by atoms with Crippen LogP contribution in [-0.2, 0) is 4.79 Å². The number of carbonyl (C=O) groups excluding carboxylic acids is 1. The van der Waals surface area contributed by atoms with E-state index in [0.29, 0.717) is 24.7 Å². The van der Waals surface area contributed by atoms with E-state index < -0.39 is 5.41 Å². The molecule has 3 N–H and O–H groups in total. The molecular formula is C14H27N3O2. The van der Waals surface area contributed by atoms with E-state index in [0.717, 1.165) is 19.5 Å². The number of rotatable bonds is 6. The maximum atomic E-state index is 12.8. The first kappa shape index (κ1) is 15.8. The molecule has 1 amide bonds. The Kier molecular flexibility index (Phi) is 5.20. The van der Waals surface area contributed by atoms with Crippen molar-refractivity contribution in [3.63, 3.8) is 0 Å². The van der Waals surface area contributed by atoms with Crippen LogP contribution in [0.15, 0.2) is 5.16 Å². The SMILES string of the molecule is CC(C)CN(CC(C)C)C(=O)C1(C(N)=NO)CCC1. The zero-order chi connectivity index (χ0) is 14.6. The highest BCUT2D eigenvalue weighted by Crippen LogP contribution is 2.43. The van der Waals surface area contributed by atoms with Crippen LogP contribution < -0.4 is 5.73 Å². The Morgan fingerprint density at radius 2 is 1.74 bits per heavy atom. The van der Waals surface area contributed by atoms with E-state index in [9.17, 15) is 4.79 Å². The van der Waals surface area contributed by atoms with Gasteiger partial charge in [0.1, 0.15) is 5.41 Å². The quantitative estimate of drug-likeness (QED) is 0.335. The van der Waals surface area contributed by atoms with Crippen LogP contribution in [0.2, 0.25) is 0 Å². The third kappa shape index (κ3) is 3.39. The van der Waals surface area contributed by atoms with Crippen molar-refractivity contribution in [1.29, 1.82) is 0 Å². The highest BCUT2D eigenvalue weighted by molar-refractivity contribution is 6.07. The van der Waals surface area contributed by atoms with Gasteiger partial charge in [0.05, 0.1) is 0 Å². The molecule has 1 rings (SSSR count). The number of nitrogens with two attached hydrogens (primary N) is 1. The van der Waals surface area contributed by atoms with Gasteiger partial charge in [-0.05, 0) is 24.7 Å². The molecule has 5 nitrogen and oxygen atoms in total. The Morgan fingerprint density at radius 3 is 2.00 bits per heavy atom. The van der Waals surface area contributed by atoms with E-state index in [1.807, 2.05) is 4.90 Å². The van der Waals surface area contributed by atoms with E-state index in [2.05, 4.69) is 32.9 Å². The molecule has 19 heavy (non-hydrogen) atoms. The maximum Gasteiger partial charge on any atom is 0.236 e. The summed E-state index contributed by atoms with van der Waals surface area (Å²) in [5.41, 5.74) is 5.01. The molecular weight excluding hydrogens is 242 g/mol. The van der Waals surface area contributed by atoms with Crippen molar-refractivity contribution in [2.75, 3.05) is 13.1 Å². The minimum Gasteiger partial charge on any atom is -0.409 e. The molecule has 0 saturated heterocycles. The van der Waals surface area contributed by atoms with Crippen molar-refractivity contribution < 1.29 is 10.0 Å². The first-order chi connectivity index (χ1) is 8.83. The molecule has 1 aliphatic rings. The molecule has 5 heteroatoms. The number of amides is 1. The molecule has 110 valence electrons. The third-order valence-corrected chi connectivity index (χ3v) is 3.67. The van der Waals surface area contributed by atoms with Gasteiger partial charge in [0.2, 0.25) is 5.91 Å². The summed E-state index contributed by atoms with van der Waals surface area (Å²) in [6.45, 7) is 9.82. The topological polar surface area (TPSA) is 78.9 Å². The van der Waals surface area contributed by atoms with Crippen LogP contribution in [0.1, 0.15) is 47.0 Å². The summed E-state index contributed by atoms with van der Waals surface area (Å²) in [6, 6.07) is 0. The molecule has 0 spiro atoms. The lowest BCUT2D eigenvalue weighted by molar-refractivity contribution is -0.143. The van der Waals surface area contributed by atoms with Crippen molar-refractivity contribution >= 4 is 11.7 Å². The largest absolute Gasteiger partial charge is 0.409 e. The standard InChI is InChI=1S/C14H27N3O2/c1-10(2)8-17(9-11(3)4)13(18)14(6-5-7-14)12(15)16-19/h10-11,19H,5-9H2,1-4H3,(H2,15,16). The van der Waals surface area contributed by atoms with Gasteiger partial charge < -0.3 is 15.8 Å². The number of hydrogen-bond acceptors (Lipinski definition) is 3. The van der Waals surface area contributed by atoms with Crippen LogP contribution in [0.4, 0.5) is 0 Å². The average Bonchev–Trinajstić information content (AvgIpc) is 2.24. The van der Waals surface area contributed by atoms with Crippen molar-refractivity contribution in [1.82, 2.24) is 4.90 Å². The predicted octanol–water partition coefficient (Wildman–Crippen LogP) is 2.04. The summed E-state index contributed by atoms with van der Waals surface area (Å²) < 4.78 is 0. The van der Waals surface area contributed by atoms with Gasteiger partial charge in [0.25, 0.3) is 0 Å². The molecule has 0 aliphatic heterocycles. The zero-order valence-electron chi connectivity index (χ0n) is 12.5. The summed E-state index contributed by atoms with van der Waals surface area (Å²) in [6.07, 6.45) is 2.34. The predicted molar refractivity (Wildman–Crippen MR) is 75.9 cm³/mol. The summed E-state index contributed by atoms with van der Waals surface area (Å²) in [5.74, 6) is 0.914. The Labute approximate surface area is 115 Å². The van der Waals surface area contributed by atoms with Crippen LogP contribution >= 0.6 is 0 Å². The highest BCUT2D eigenvalue weighted by atomic mass is 16.4. The van der Waals surface area contributed by atoms with Gasteiger partial charge in [-0.2, -0.15) is 0 Å². The molecule has 1 saturated carbocycles. The fourth-order valence-corrected chi connectivity index (χ4v) is 2.63. The van der Waals surface area contributed by atoms with E-state index in [-0.39, 0.29) is 11.7 Å². The van der Waals surface area contributed by atoms with E-state index >= 15 is 0 Å². The maximum absolute atomic E-state index is 12.8. The van der Waals surface area contributed by atoms with Gasteiger partial charge in [0.15, 0.2) is 5.84 Å². The molecule has 0 heterocycles. The first-order valence-electron chi connectivity index (χ1n) is 7.11. The lowest BCUT2D eigenvalue weighted by Crippen LogP contribution is -2.56. The fraction of sp³-hybridized carbons (Fsp3) is 0.857. The summed E-state index contributed by atoms with van der Waals surface area (Å²) in [4.78, 5) is 14.7. The molecule has 0 atom stereocenters. The van der Waals surface area contributed by atoms with Gasteiger partial charge in [-0.15, -0.1) is 0 Å². The lowest BCUT2D eigenvalue weighted by Gasteiger charge is -2.43. The molecule has 0 aromatic carbocycles. The highest BCUT2D eigenvalue weighted by Gasteiger charge is 2.50. The number of carbonyl (C=O) groups is 1. The van der Waals surface area contributed by atoms with Crippen LogP contribution in [0.5, 0.6) is 0 Å². The molecule has 1 aliphatic carbocycles. The van der Waals surface area contributed by atoms with E-state index in [1.165, 1.54) is 0 Å². The Balaban J connectivity index is 2.91. The molecule has 0 radical (unpaired) electrons. The normalized spacial score (nSPS) is 18.5. The molecule has 1 fully saturated rings.